The van der Waals surface area contributed by atoms with Gasteiger partial charge in [0.05, 0.1) is 16.9 Å². The van der Waals surface area contributed by atoms with Crippen molar-refractivity contribution in [2.45, 2.75) is 6.92 Å². The maximum absolute atomic E-state index is 12.6. The highest BCUT2D eigenvalue weighted by Gasteiger charge is 2.15. The lowest BCUT2D eigenvalue weighted by Crippen LogP contribution is -2.03. The molecule has 1 aromatic heterocycles. The Bertz CT molecular complexity index is 1150. The van der Waals surface area contributed by atoms with E-state index in [1.165, 1.54) is 16.9 Å². The summed E-state index contributed by atoms with van der Waals surface area (Å²) in [5.41, 5.74) is 3.86. The van der Waals surface area contributed by atoms with Crippen LogP contribution in [0.3, 0.4) is 0 Å². The fraction of sp³-hybridized carbons (Fsp3) is 0.0455. The van der Waals surface area contributed by atoms with Gasteiger partial charge in [-0.1, -0.05) is 30.3 Å². The Morgan fingerprint density at radius 2 is 1.61 bits per heavy atom. The predicted molar refractivity (Wildman–Crippen MR) is 105 cm³/mol. The molecule has 6 heteroatoms. The third-order valence-electron chi connectivity index (χ3n) is 4.42. The predicted octanol–water partition coefficient (Wildman–Crippen LogP) is 3.88. The molecule has 0 aliphatic rings. The molecule has 6 nitrogen and oxygen atoms in total. The van der Waals surface area contributed by atoms with E-state index in [9.17, 15) is 15.0 Å². The fourth-order valence-corrected chi connectivity index (χ4v) is 2.97. The molecule has 0 atom stereocenters. The van der Waals surface area contributed by atoms with Gasteiger partial charge in [0.2, 0.25) is 0 Å². The summed E-state index contributed by atoms with van der Waals surface area (Å²) < 4.78 is 0. The quantitative estimate of drug-likeness (QED) is 0.532. The highest BCUT2D eigenvalue weighted by atomic mass is 16.3. The van der Waals surface area contributed by atoms with Crippen molar-refractivity contribution in [3.63, 3.8) is 0 Å². The number of nitrogens with zero attached hydrogens (tertiary/aromatic N) is 3. The van der Waals surface area contributed by atoms with Gasteiger partial charge in [-0.25, -0.2) is 0 Å². The number of carbonyl (C=O) groups is 1. The third-order valence-corrected chi connectivity index (χ3v) is 4.42. The van der Waals surface area contributed by atoms with Crippen molar-refractivity contribution in [2.24, 2.45) is 0 Å². The number of aryl methyl sites for hydroxylation is 1. The maximum Gasteiger partial charge on any atom is 0.196 e. The van der Waals surface area contributed by atoms with Crippen LogP contribution in [0.4, 0.5) is 0 Å². The van der Waals surface area contributed by atoms with Gasteiger partial charge in [0.15, 0.2) is 5.78 Å². The molecule has 0 aliphatic heterocycles. The number of carbonyl (C=O) groups excluding carboxylic acids is 1. The molecule has 0 aliphatic carbocycles. The molecule has 138 valence electrons. The smallest absolute Gasteiger partial charge is 0.196 e. The van der Waals surface area contributed by atoms with Crippen LogP contribution in [0.1, 0.15) is 21.6 Å². The summed E-state index contributed by atoms with van der Waals surface area (Å²) >= 11 is 0. The lowest BCUT2D eigenvalue weighted by atomic mass is 10.0. The van der Waals surface area contributed by atoms with Crippen molar-refractivity contribution in [3.8, 4) is 28.4 Å². The molecule has 0 amide bonds. The van der Waals surface area contributed by atoms with Gasteiger partial charge in [-0.15, -0.1) is 5.10 Å². The van der Waals surface area contributed by atoms with Crippen molar-refractivity contribution < 1.29 is 15.0 Å². The summed E-state index contributed by atoms with van der Waals surface area (Å²) in [6.45, 7) is 1.90. The Hall–Kier alpha value is -3.93. The van der Waals surface area contributed by atoms with Gasteiger partial charge in [-0.05, 0) is 43.3 Å². The molecule has 0 saturated carbocycles. The Labute approximate surface area is 161 Å². The van der Waals surface area contributed by atoms with Crippen LogP contribution in [-0.2, 0) is 0 Å². The molecule has 2 N–H and O–H groups in total. The van der Waals surface area contributed by atoms with Crippen molar-refractivity contribution in [1.82, 2.24) is 15.0 Å². The minimum absolute atomic E-state index is 0.0984. The number of aromatic nitrogens is 3. The van der Waals surface area contributed by atoms with Crippen molar-refractivity contribution in [1.29, 1.82) is 0 Å². The van der Waals surface area contributed by atoms with Gasteiger partial charge in [-0.3, -0.25) is 4.79 Å². The van der Waals surface area contributed by atoms with Crippen molar-refractivity contribution in [3.05, 3.63) is 89.6 Å². The number of hydrogen-bond acceptors (Lipinski definition) is 5. The summed E-state index contributed by atoms with van der Waals surface area (Å²) in [7, 11) is 0. The number of phenols is 2. The van der Waals surface area contributed by atoms with E-state index in [-0.39, 0.29) is 22.8 Å². The zero-order valence-corrected chi connectivity index (χ0v) is 15.1. The largest absolute Gasteiger partial charge is 0.508 e. The SMILES string of the molecule is Cc1nn(-c2ccc(C(=O)c3ccc(O)cc3O)cc2)nc1-c1ccccc1. The summed E-state index contributed by atoms with van der Waals surface area (Å²) in [4.78, 5) is 14.1. The monoisotopic (exact) mass is 371 g/mol. The van der Waals surface area contributed by atoms with Crippen LogP contribution >= 0.6 is 0 Å². The van der Waals surface area contributed by atoms with E-state index in [1.807, 2.05) is 37.3 Å². The van der Waals surface area contributed by atoms with Gasteiger partial charge in [0, 0.05) is 17.2 Å². The van der Waals surface area contributed by atoms with E-state index in [4.69, 9.17) is 0 Å². The lowest BCUT2D eigenvalue weighted by molar-refractivity contribution is 0.103. The summed E-state index contributed by atoms with van der Waals surface area (Å²) in [6, 6.07) is 20.5. The number of ketones is 1. The van der Waals surface area contributed by atoms with Gasteiger partial charge in [0.1, 0.15) is 17.2 Å². The van der Waals surface area contributed by atoms with Crippen molar-refractivity contribution in [2.75, 3.05) is 0 Å². The number of hydrogen-bond donors (Lipinski definition) is 2. The third kappa shape index (κ3) is 3.23. The average molecular weight is 371 g/mol. The lowest BCUT2D eigenvalue weighted by Gasteiger charge is -2.06. The van der Waals surface area contributed by atoms with E-state index < -0.39 is 0 Å². The summed E-state index contributed by atoms with van der Waals surface area (Å²) in [5, 5.41) is 28.3. The van der Waals surface area contributed by atoms with E-state index in [2.05, 4.69) is 10.2 Å². The first-order valence-electron chi connectivity index (χ1n) is 8.69. The second kappa shape index (κ2) is 7.00. The summed E-state index contributed by atoms with van der Waals surface area (Å²) in [5.74, 6) is -0.691. The van der Waals surface area contributed by atoms with Gasteiger partial charge in [0.25, 0.3) is 0 Å². The average Bonchev–Trinajstić information content (AvgIpc) is 3.10. The topological polar surface area (TPSA) is 88.2 Å². The van der Waals surface area contributed by atoms with E-state index in [1.54, 1.807) is 24.3 Å². The zero-order valence-electron chi connectivity index (χ0n) is 15.1. The Morgan fingerprint density at radius 1 is 0.893 bits per heavy atom. The van der Waals surface area contributed by atoms with E-state index in [0.29, 0.717) is 5.56 Å². The van der Waals surface area contributed by atoms with Gasteiger partial charge < -0.3 is 10.2 Å². The minimum Gasteiger partial charge on any atom is -0.508 e. The molecule has 0 spiro atoms. The molecule has 28 heavy (non-hydrogen) atoms. The first-order valence-corrected chi connectivity index (χ1v) is 8.69. The molecule has 0 fully saturated rings. The van der Waals surface area contributed by atoms with Gasteiger partial charge >= 0.3 is 0 Å². The molecule has 0 saturated heterocycles. The standard InChI is InChI=1S/C22H17N3O3/c1-14-21(15-5-3-2-4-6-15)24-25(23-14)17-9-7-16(8-10-17)22(28)19-12-11-18(26)13-20(19)27/h2-13,26-27H,1H3. The fourth-order valence-electron chi connectivity index (χ4n) is 2.97. The molecule has 0 bridgehead atoms. The van der Waals surface area contributed by atoms with Crippen LogP contribution in [0, 0.1) is 6.92 Å². The van der Waals surface area contributed by atoms with Crippen LogP contribution in [0.2, 0.25) is 0 Å². The van der Waals surface area contributed by atoms with E-state index in [0.717, 1.165) is 28.7 Å². The van der Waals surface area contributed by atoms with Gasteiger partial charge in [-0.2, -0.15) is 9.90 Å². The van der Waals surface area contributed by atoms with Crippen LogP contribution in [0.15, 0.2) is 72.8 Å². The first-order chi connectivity index (χ1) is 13.5. The Balaban J connectivity index is 1.63. The normalized spacial score (nSPS) is 10.8. The number of rotatable bonds is 4. The highest BCUT2D eigenvalue weighted by molar-refractivity contribution is 6.10. The van der Waals surface area contributed by atoms with E-state index >= 15 is 0 Å². The second-order valence-corrected chi connectivity index (χ2v) is 6.37. The first kappa shape index (κ1) is 17.5. The molecule has 1 heterocycles. The minimum atomic E-state index is -0.335. The molecule has 4 aromatic rings. The van der Waals surface area contributed by atoms with Crippen LogP contribution in [-0.4, -0.2) is 31.0 Å². The zero-order chi connectivity index (χ0) is 19.7. The number of phenolic OH excluding ortho intramolecular Hbond substituents is 2. The molecular formula is C22H17N3O3. The molecular weight excluding hydrogens is 354 g/mol. The highest BCUT2D eigenvalue weighted by Crippen LogP contribution is 2.25. The second-order valence-electron chi connectivity index (χ2n) is 6.37. The van der Waals surface area contributed by atoms with Crippen molar-refractivity contribution >= 4 is 5.78 Å². The molecule has 0 radical (unpaired) electrons. The molecule has 3 aromatic carbocycles. The molecule has 4 rings (SSSR count). The van der Waals surface area contributed by atoms with Crippen LogP contribution in [0.5, 0.6) is 11.5 Å². The van der Waals surface area contributed by atoms with Crippen LogP contribution < -0.4 is 0 Å². The van der Waals surface area contributed by atoms with Crippen LogP contribution in [0.25, 0.3) is 16.9 Å². The number of aromatic hydroxyl groups is 2. The summed E-state index contributed by atoms with van der Waals surface area (Å²) in [6.07, 6.45) is 0. The maximum atomic E-state index is 12.6. The number of benzene rings is 3. The Morgan fingerprint density at radius 3 is 2.29 bits per heavy atom. The Kier molecular flexibility index (Phi) is 4.37. The molecule has 0 unspecified atom stereocenters.